The minimum atomic E-state index is -1.49. The molecule has 3 N–H and O–H groups in total. The van der Waals surface area contributed by atoms with Gasteiger partial charge in [0, 0.05) is 21.7 Å². The van der Waals surface area contributed by atoms with Gasteiger partial charge in [0.05, 0.1) is 22.7 Å². The molecule has 4 rings (SSSR count). The molecule has 2 atom stereocenters. The van der Waals surface area contributed by atoms with Crippen molar-refractivity contribution in [2.75, 3.05) is 10.3 Å². The number of halogens is 4. The van der Waals surface area contributed by atoms with Crippen LogP contribution in [0.25, 0.3) is 0 Å². The summed E-state index contributed by atoms with van der Waals surface area (Å²) in [5, 5.41) is 7.42. The maximum Gasteiger partial charge on any atom is 0.257 e. The molecule has 0 radical (unpaired) electrons. The number of nitrogens with one attached hydrogen (secondary N) is 3. The highest BCUT2D eigenvalue weighted by Crippen LogP contribution is 2.37. The quantitative estimate of drug-likeness (QED) is 0.323. The van der Waals surface area contributed by atoms with Crippen LogP contribution < -0.4 is 21.1 Å². The van der Waals surface area contributed by atoms with E-state index in [0.29, 0.717) is 15.4 Å². The van der Waals surface area contributed by atoms with Crippen molar-refractivity contribution in [2.24, 2.45) is 5.92 Å². The Morgan fingerprint density at radius 1 is 1.33 bits per heavy atom. The predicted octanol–water partition coefficient (Wildman–Crippen LogP) is 4.65. The van der Waals surface area contributed by atoms with Crippen LogP contribution in [0.5, 0.6) is 0 Å². The first-order valence-corrected chi connectivity index (χ1v) is 12.4. The molecule has 8 nitrogen and oxygen atoms in total. The number of anilines is 2. The maximum atomic E-state index is 13.3. The fourth-order valence-corrected chi connectivity index (χ4v) is 5.13. The summed E-state index contributed by atoms with van der Waals surface area (Å²) in [5.74, 6) is -0.709. The number of amides is 3. The van der Waals surface area contributed by atoms with Gasteiger partial charge < -0.3 is 10.6 Å². The SMILES string of the molecule is CC(NC(=O)c1cc(Cl)cc(Br)c1NC(=O)C1(Br)CC(=O)N(c2ncccc2Cl)N1)C1CC1. The summed E-state index contributed by atoms with van der Waals surface area (Å²) in [4.78, 5) is 43.0. The molecule has 3 amide bonds. The molecule has 2 fully saturated rings. The van der Waals surface area contributed by atoms with Gasteiger partial charge in [-0.2, -0.15) is 5.43 Å². The number of pyridine rings is 1. The number of nitrogens with zero attached hydrogens (tertiary/aromatic N) is 2. The highest BCUT2D eigenvalue weighted by molar-refractivity contribution is 9.10. The van der Waals surface area contributed by atoms with E-state index in [9.17, 15) is 14.4 Å². The van der Waals surface area contributed by atoms with Crippen LogP contribution in [0.15, 0.2) is 34.9 Å². The Balaban J connectivity index is 1.57. The van der Waals surface area contributed by atoms with E-state index in [2.05, 4.69) is 52.9 Å². The second-order valence-corrected chi connectivity index (χ2v) is 11.0. The van der Waals surface area contributed by atoms with E-state index in [1.165, 1.54) is 12.3 Å². The van der Waals surface area contributed by atoms with Gasteiger partial charge in [-0.1, -0.05) is 39.1 Å². The molecule has 0 bridgehead atoms. The number of alkyl halides is 1. The summed E-state index contributed by atoms with van der Waals surface area (Å²) < 4.78 is -1.06. The Labute approximate surface area is 217 Å². The molecule has 0 spiro atoms. The van der Waals surface area contributed by atoms with Crippen molar-refractivity contribution in [1.29, 1.82) is 0 Å². The topological polar surface area (TPSA) is 103 Å². The smallest absolute Gasteiger partial charge is 0.257 e. The number of hydrogen-bond acceptors (Lipinski definition) is 5. The van der Waals surface area contributed by atoms with Crippen LogP contribution in [0.3, 0.4) is 0 Å². The van der Waals surface area contributed by atoms with Gasteiger partial charge in [0.25, 0.3) is 11.8 Å². The molecular weight excluding hydrogens is 601 g/mol. The first-order valence-electron chi connectivity index (χ1n) is 10.1. The molecule has 1 aliphatic carbocycles. The standard InChI is InChI=1S/C21H19Br2Cl2N5O3/c1-10(11-4-5-11)27-19(32)13-7-12(24)8-14(22)17(13)28-20(33)21(23)9-16(31)30(29-21)18-15(25)3-2-6-26-18/h2-3,6-8,10-11,29H,4-5,9H2,1H3,(H,27,32)(H,28,33). The zero-order valence-corrected chi connectivity index (χ0v) is 22.0. The van der Waals surface area contributed by atoms with Crippen molar-refractivity contribution in [3.05, 3.63) is 50.5 Å². The third kappa shape index (κ3) is 5.19. The first kappa shape index (κ1) is 24.4. The largest absolute Gasteiger partial charge is 0.349 e. The van der Waals surface area contributed by atoms with E-state index >= 15 is 0 Å². The van der Waals surface area contributed by atoms with Gasteiger partial charge in [-0.15, -0.1) is 0 Å². The summed E-state index contributed by atoms with van der Waals surface area (Å²) in [6, 6.07) is 6.30. The molecule has 2 aliphatic rings. The number of aromatic nitrogens is 1. The molecule has 1 aromatic carbocycles. The highest BCUT2D eigenvalue weighted by atomic mass is 79.9. The summed E-state index contributed by atoms with van der Waals surface area (Å²) in [7, 11) is 0. The van der Waals surface area contributed by atoms with Gasteiger partial charge in [-0.05, 0) is 65.9 Å². The van der Waals surface area contributed by atoms with Crippen molar-refractivity contribution in [2.45, 2.75) is 36.7 Å². The van der Waals surface area contributed by atoms with Crippen molar-refractivity contribution >= 4 is 84.3 Å². The number of carbonyl (C=O) groups is 3. The van der Waals surface area contributed by atoms with Crippen molar-refractivity contribution in [3.63, 3.8) is 0 Å². The van der Waals surface area contributed by atoms with Gasteiger partial charge in [0.1, 0.15) is 0 Å². The van der Waals surface area contributed by atoms with Gasteiger partial charge in [0.2, 0.25) is 5.91 Å². The minimum Gasteiger partial charge on any atom is -0.349 e. The van der Waals surface area contributed by atoms with Crippen LogP contribution in [0.2, 0.25) is 10.0 Å². The summed E-state index contributed by atoms with van der Waals surface area (Å²) >= 11 is 19.1. The van der Waals surface area contributed by atoms with Crippen LogP contribution in [0.1, 0.15) is 36.5 Å². The first-order chi connectivity index (χ1) is 15.6. The van der Waals surface area contributed by atoms with Crippen molar-refractivity contribution < 1.29 is 14.4 Å². The lowest BCUT2D eigenvalue weighted by atomic mass is 10.1. The summed E-state index contributed by atoms with van der Waals surface area (Å²) in [6.07, 6.45) is 3.43. The van der Waals surface area contributed by atoms with Crippen LogP contribution in [-0.2, 0) is 9.59 Å². The third-order valence-corrected chi connectivity index (χ3v) is 7.43. The van der Waals surface area contributed by atoms with E-state index in [4.69, 9.17) is 23.2 Å². The lowest BCUT2D eigenvalue weighted by molar-refractivity contribution is -0.121. The molecule has 1 aromatic heterocycles. The molecule has 2 heterocycles. The zero-order valence-electron chi connectivity index (χ0n) is 17.3. The van der Waals surface area contributed by atoms with Crippen molar-refractivity contribution in [3.8, 4) is 0 Å². The second-order valence-electron chi connectivity index (χ2n) is 7.99. The lowest BCUT2D eigenvalue weighted by Crippen LogP contribution is -2.50. The minimum absolute atomic E-state index is 0.00660. The third-order valence-electron chi connectivity index (χ3n) is 5.47. The molecule has 12 heteroatoms. The van der Waals surface area contributed by atoms with Crippen LogP contribution in [0.4, 0.5) is 11.5 Å². The number of carbonyl (C=O) groups excluding carboxylic acids is 3. The average molecular weight is 620 g/mol. The van der Waals surface area contributed by atoms with E-state index in [0.717, 1.165) is 17.9 Å². The van der Waals surface area contributed by atoms with Crippen LogP contribution >= 0.6 is 55.1 Å². The van der Waals surface area contributed by atoms with E-state index in [1.807, 2.05) is 6.92 Å². The Hall–Kier alpha value is -1.72. The van der Waals surface area contributed by atoms with E-state index in [-0.39, 0.29) is 40.5 Å². The second kappa shape index (κ2) is 9.50. The Morgan fingerprint density at radius 3 is 2.73 bits per heavy atom. The monoisotopic (exact) mass is 617 g/mol. The van der Waals surface area contributed by atoms with E-state index in [1.54, 1.807) is 18.2 Å². The van der Waals surface area contributed by atoms with Crippen LogP contribution in [0, 0.1) is 5.92 Å². The van der Waals surface area contributed by atoms with E-state index < -0.39 is 16.3 Å². The van der Waals surface area contributed by atoms with Gasteiger partial charge in [0.15, 0.2) is 10.3 Å². The van der Waals surface area contributed by atoms with Crippen molar-refractivity contribution in [1.82, 2.24) is 15.7 Å². The summed E-state index contributed by atoms with van der Waals surface area (Å²) in [5.41, 5.74) is 3.28. The Morgan fingerprint density at radius 2 is 2.06 bits per heavy atom. The van der Waals surface area contributed by atoms with Gasteiger partial charge in [-0.25, -0.2) is 9.99 Å². The van der Waals surface area contributed by atoms with Gasteiger partial charge >= 0.3 is 0 Å². The fraction of sp³-hybridized carbons (Fsp3) is 0.333. The lowest BCUT2D eigenvalue weighted by Gasteiger charge is -2.24. The number of hydrogen-bond donors (Lipinski definition) is 3. The molecular formula is C21H19Br2Cl2N5O3. The normalized spacial score (nSPS) is 21.1. The molecule has 1 saturated heterocycles. The number of benzene rings is 1. The number of rotatable bonds is 6. The Kier molecular flexibility index (Phi) is 7.02. The Bertz CT molecular complexity index is 1150. The molecule has 2 unspecified atom stereocenters. The van der Waals surface area contributed by atoms with Crippen LogP contribution in [-0.4, -0.2) is 33.2 Å². The number of hydrazine groups is 1. The molecule has 2 aromatic rings. The molecule has 1 saturated carbocycles. The average Bonchev–Trinajstić information content (AvgIpc) is 3.55. The predicted molar refractivity (Wildman–Crippen MR) is 134 cm³/mol. The van der Waals surface area contributed by atoms with Gasteiger partial charge in [-0.3, -0.25) is 14.4 Å². The maximum absolute atomic E-state index is 13.3. The molecule has 174 valence electrons. The molecule has 33 heavy (non-hydrogen) atoms. The molecule has 1 aliphatic heterocycles. The highest BCUT2D eigenvalue weighted by Gasteiger charge is 2.48. The summed E-state index contributed by atoms with van der Waals surface area (Å²) in [6.45, 7) is 1.95. The fourth-order valence-electron chi connectivity index (χ4n) is 3.50. The zero-order chi connectivity index (χ0) is 23.9.